The van der Waals surface area contributed by atoms with Gasteiger partial charge in [0.15, 0.2) is 0 Å². The first-order valence-electron chi connectivity index (χ1n) is 12.9. The highest BCUT2D eigenvalue weighted by Crippen LogP contribution is 2.26. The van der Waals surface area contributed by atoms with E-state index in [1.165, 1.54) is 9.87 Å². The second-order valence-corrected chi connectivity index (χ2v) is 11.8. The minimum Gasteiger partial charge on any atom is -0.339 e. The molecule has 0 bridgehead atoms. The summed E-state index contributed by atoms with van der Waals surface area (Å²) in [4.78, 5) is 17.8. The van der Waals surface area contributed by atoms with Crippen LogP contribution in [0, 0.1) is 20.8 Å². The number of nitrogens with zero attached hydrogens (tertiary/aromatic N) is 3. The van der Waals surface area contributed by atoms with E-state index in [9.17, 15) is 13.2 Å². The molecule has 0 atom stereocenters. The summed E-state index contributed by atoms with van der Waals surface area (Å²) in [6.45, 7) is 9.31. The molecule has 0 aliphatic carbocycles. The van der Waals surface area contributed by atoms with E-state index in [2.05, 4.69) is 17.0 Å². The summed E-state index contributed by atoms with van der Waals surface area (Å²) in [6, 6.07) is 23.9. The van der Waals surface area contributed by atoms with Crippen molar-refractivity contribution >= 4 is 15.9 Å². The molecule has 196 valence electrons. The number of rotatable bonds is 9. The van der Waals surface area contributed by atoms with Crippen molar-refractivity contribution < 1.29 is 13.2 Å². The second kappa shape index (κ2) is 12.0. The topological polar surface area (TPSA) is 60.9 Å². The molecule has 37 heavy (non-hydrogen) atoms. The molecule has 3 aromatic carbocycles. The summed E-state index contributed by atoms with van der Waals surface area (Å²) in [5.41, 5.74) is 4.74. The van der Waals surface area contributed by atoms with Gasteiger partial charge < -0.3 is 4.90 Å². The van der Waals surface area contributed by atoms with Crippen molar-refractivity contribution in [2.75, 3.05) is 39.3 Å². The van der Waals surface area contributed by atoms with Crippen LogP contribution in [0.1, 0.15) is 27.8 Å². The van der Waals surface area contributed by atoms with Crippen LogP contribution in [0.2, 0.25) is 0 Å². The van der Waals surface area contributed by atoms with E-state index in [-0.39, 0.29) is 19.0 Å². The highest BCUT2D eigenvalue weighted by Gasteiger charge is 2.31. The third-order valence-corrected chi connectivity index (χ3v) is 9.13. The van der Waals surface area contributed by atoms with E-state index in [4.69, 9.17) is 0 Å². The quantitative estimate of drug-likeness (QED) is 0.425. The Morgan fingerprint density at radius 3 is 1.92 bits per heavy atom. The Morgan fingerprint density at radius 2 is 1.35 bits per heavy atom. The number of hydrogen-bond acceptors (Lipinski definition) is 4. The molecular weight excluding hydrogens is 482 g/mol. The Balaban J connectivity index is 1.48. The van der Waals surface area contributed by atoms with Gasteiger partial charge in [-0.2, -0.15) is 4.31 Å². The molecule has 1 aliphatic heterocycles. The summed E-state index contributed by atoms with van der Waals surface area (Å²) < 4.78 is 29.2. The van der Waals surface area contributed by atoms with Crippen LogP contribution < -0.4 is 0 Å². The predicted molar refractivity (Wildman–Crippen MR) is 148 cm³/mol. The molecule has 0 N–H and O–H groups in total. The number of amides is 1. The average Bonchev–Trinajstić information content (AvgIpc) is 2.87. The number of sulfonamides is 1. The predicted octanol–water partition coefficient (Wildman–Crippen LogP) is 4.19. The fourth-order valence-electron chi connectivity index (χ4n) is 5.13. The highest BCUT2D eigenvalue weighted by atomic mass is 32.2. The average molecular weight is 520 g/mol. The molecule has 0 aromatic heterocycles. The fraction of sp³-hybridized carbons (Fsp3) is 0.367. The number of carbonyl (C=O) groups excluding carboxylic acids is 1. The van der Waals surface area contributed by atoms with Gasteiger partial charge in [-0.25, -0.2) is 8.42 Å². The van der Waals surface area contributed by atoms with E-state index in [1.807, 2.05) is 81.4 Å². The number of carbonyl (C=O) groups is 1. The third-order valence-electron chi connectivity index (χ3n) is 6.98. The first-order valence-corrected chi connectivity index (χ1v) is 14.3. The van der Waals surface area contributed by atoms with Gasteiger partial charge in [0.2, 0.25) is 15.9 Å². The van der Waals surface area contributed by atoms with E-state index < -0.39 is 10.0 Å². The molecule has 1 fully saturated rings. The van der Waals surface area contributed by atoms with Crippen molar-refractivity contribution in [2.45, 2.75) is 38.6 Å². The standard InChI is InChI=1S/C30H37N3O3S/c1-24-20-25(2)30(26(3)21-24)37(35,36)33(15-14-27-10-6-4-7-11-27)23-29(34)32-18-16-31(17-19-32)22-28-12-8-5-9-13-28/h4-13,20-21H,14-19,22-23H2,1-3H3. The van der Waals surface area contributed by atoms with Crippen molar-refractivity contribution in [1.29, 1.82) is 0 Å². The molecule has 3 aromatic rings. The van der Waals surface area contributed by atoms with Crippen molar-refractivity contribution in [3.8, 4) is 0 Å². The van der Waals surface area contributed by atoms with Gasteiger partial charge in [0.1, 0.15) is 0 Å². The normalized spacial score (nSPS) is 14.8. The van der Waals surface area contributed by atoms with Crippen molar-refractivity contribution in [3.05, 3.63) is 101 Å². The van der Waals surface area contributed by atoms with E-state index in [0.29, 0.717) is 35.5 Å². The molecule has 0 spiro atoms. The maximum atomic E-state index is 13.9. The zero-order chi connectivity index (χ0) is 26.4. The van der Waals surface area contributed by atoms with Crippen LogP contribution >= 0.6 is 0 Å². The van der Waals surface area contributed by atoms with Gasteiger partial charge in [-0.1, -0.05) is 78.4 Å². The maximum Gasteiger partial charge on any atom is 0.244 e. The van der Waals surface area contributed by atoms with Crippen LogP contribution in [0.25, 0.3) is 0 Å². The van der Waals surface area contributed by atoms with E-state index in [0.717, 1.165) is 30.8 Å². The Morgan fingerprint density at radius 1 is 0.811 bits per heavy atom. The third kappa shape index (κ3) is 6.86. The summed E-state index contributed by atoms with van der Waals surface area (Å²) in [7, 11) is -3.86. The monoisotopic (exact) mass is 519 g/mol. The number of piperazine rings is 1. The van der Waals surface area contributed by atoms with Gasteiger partial charge in [-0.15, -0.1) is 0 Å². The van der Waals surface area contributed by atoms with Crippen molar-refractivity contribution in [2.24, 2.45) is 0 Å². The van der Waals surface area contributed by atoms with Crippen LogP contribution in [0.3, 0.4) is 0 Å². The van der Waals surface area contributed by atoms with Gasteiger partial charge in [-0.05, 0) is 49.4 Å². The maximum absolute atomic E-state index is 13.9. The summed E-state index contributed by atoms with van der Waals surface area (Å²) in [5, 5.41) is 0. The minimum absolute atomic E-state index is 0.140. The zero-order valence-corrected chi connectivity index (χ0v) is 22.9. The van der Waals surface area contributed by atoms with Crippen molar-refractivity contribution in [1.82, 2.24) is 14.1 Å². The lowest BCUT2D eigenvalue weighted by atomic mass is 10.1. The van der Waals surface area contributed by atoms with E-state index in [1.54, 1.807) is 4.90 Å². The summed E-state index contributed by atoms with van der Waals surface area (Å²) >= 11 is 0. The Bertz CT molecular complexity index is 1280. The number of aryl methyl sites for hydroxylation is 3. The van der Waals surface area contributed by atoms with Crippen LogP contribution in [-0.4, -0.2) is 67.7 Å². The van der Waals surface area contributed by atoms with Gasteiger partial charge >= 0.3 is 0 Å². The number of benzene rings is 3. The summed E-state index contributed by atoms with van der Waals surface area (Å²) in [5.74, 6) is -0.140. The first kappa shape index (κ1) is 27.0. The van der Waals surface area contributed by atoms with Gasteiger partial charge in [0, 0.05) is 39.3 Å². The Kier molecular flexibility index (Phi) is 8.79. The van der Waals surface area contributed by atoms with E-state index >= 15 is 0 Å². The molecule has 1 aliphatic rings. The summed E-state index contributed by atoms with van der Waals surface area (Å²) in [6.07, 6.45) is 0.544. The molecule has 1 saturated heterocycles. The van der Waals surface area contributed by atoms with Crippen molar-refractivity contribution in [3.63, 3.8) is 0 Å². The molecule has 1 amide bonds. The van der Waals surface area contributed by atoms with Crippen LogP contribution in [-0.2, 0) is 27.8 Å². The highest BCUT2D eigenvalue weighted by molar-refractivity contribution is 7.89. The first-order chi connectivity index (χ1) is 17.7. The van der Waals surface area contributed by atoms with Gasteiger partial charge in [0.25, 0.3) is 0 Å². The smallest absolute Gasteiger partial charge is 0.244 e. The molecule has 7 heteroatoms. The SMILES string of the molecule is Cc1cc(C)c(S(=O)(=O)N(CCc2ccccc2)CC(=O)N2CCN(Cc3ccccc3)CC2)c(C)c1. The molecule has 0 radical (unpaired) electrons. The zero-order valence-electron chi connectivity index (χ0n) is 22.1. The lowest BCUT2D eigenvalue weighted by Crippen LogP contribution is -2.51. The number of hydrogen-bond donors (Lipinski definition) is 0. The minimum atomic E-state index is -3.86. The molecule has 6 nitrogen and oxygen atoms in total. The fourth-order valence-corrected chi connectivity index (χ4v) is 6.94. The molecular formula is C30H37N3O3S. The van der Waals surface area contributed by atoms with Crippen LogP contribution in [0.5, 0.6) is 0 Å². The van der Waals surface area contributed by atoms with Crippen LogP contribution in [0.15, 0.2) is 77.7 Å². The Hall–Kier alpha value is -3.00. The lowest BCUT2D eigenvalue weighted by molar-refractivity contribution is -0.133. The molecule has 0 unspecified atom stereocenters. The largest absolute Gasteiger partial charge is 0.339 e. The second-order valence-electron chi connectivity index (χ2n) is 9.94. The Labute approximate surface area is 221 Å². The van der Waals surface area contributed by atoms with Gasteiger partial charge in [0.05, 0.1) is 11.4 Å². The van der Waals surface area contributed by atoms with Gasteiger partial charge in [-0.3, -0.25) is 9.69 Å². The molecule has 4 rings (SSSR count). The lowest BCUT2D eigenvalue weighted by Gasteiger charge is -2.36. The van der Waals surface area contributed by atoms with Crippen LogP contribution in [0.4, 0.5) is 0 Å². The molecule has 0 saturated carbocycles. The molecule has 1 heterocycles.